The van der Waals surface area contributed by atoms with E-state index in [0.29, 0.717) is 5.75 Å². The summed E-state index contributed by atoms with van der Waals surface area (Å²) in [6.45, 7) is 1.78. The van der Waals surface area contributed by atoms with Crippen LogP contribution in [0.5, 0.6) is 5.75 Å². The number of carboxylic acid groups (broad SMARTS) is 1. The Balaban J connectivity index is 0. The molecule has 86 valence electrons. The van der Waals surface area contributed by atoms with Crippen LogP contribution in [-0.2, 0) is 11.2 Å². The number of aliphatic carboxylic acids is 1. The second-order valence-corrected chi connectivity index (χ2v) is 3.96. The third kappa shape index (κ3) is 6.63. The Labute approximate surface area is 148 Å². The van der Waals surface area contributed by atoms with E-state index in [1.165, 1.54) is 5.56 Å². The average Bonchev–Trinajstić information content (AvgIpc) is 2.15. The van der Waals surface area contributed by atoms with Crippen molar-refractivity contribution in [2.45, 2.75) is 13.3 Å². The minimum atomic E-state index is -0.958. The number of halogens is 2. The summed E-state index contributed by atoms with van der Waals surface area (Å²) < 4.78 is 6.04. The first kappa shape index (κ1) is 19.3. The number of hydrogen-bond donors (Lipinski definition) is 1. The number of aryl methyl sites for hydroxylation is 1. The van der Waals surface area contributed by atoms with Crippen LogP contribution < -0.4 is 4.74 Å². The van der Waals surface area contributed by atoms with Crippen molar-refractivity contribution in [1.82, 2.24) is 0 Å². The van der Waals surface area contributed by atoms with Crippen LogP contribution in [0.1, 0.15) is 12.5 Å². The van der Waals surface area contributed by atoms with Gasteiger partial charge < -0.3 is 9.84 Å². The Morgan fingerprint density at radius 2 is 2.12 bits per heavy atom. The predicted molar refractivity (Wildman–Crippen MR) is 84.2 cm³/mol. The average molecular weight is 458 g/mol. The van der Waals surface area contributed by atoms with Crippen LogP contribution in [0, 0.1) is 3.57 Å². The van der Waals surface area contributed by atoms with E-state index >= 15 is 0 Å². The van der Waals surface area contributed by atoms with Gasteiger partial charge in [-0.2, -0.15) is 0 Å². The van der Waals surface area contributed by atoms with Crippen molar-refractivity contribution in [3.63, 3.8) is 0 Å². The van der Waals surface area contributed by atoms with Crippen LogP contribution in [0.2, 0.25) is 0 Å². The fraction of sp³-hybridized carbons (Fsp3) is 0.300. The van der Waals surface area contributed by atoms with Gasteiger partial charge in [-0.25, -0.2) is 4.79 Å². The van der Waals surface area contributed by atoms with E-state index in [4.69, 9.17) is 9.84 Å². The van der Waals surface area contributed by atoms with Crippen molar-refractivity contribution >= 4 is 82.1 Å². The summed E-state index contributed by atoms with van der Waals surface area (Å²) in [6, 6.07) is 5.75. The molecule has 1 aromatic rings. The van der Waals surface area contributed by atoms with Gasteiger partial charge in [0, 0.05) is 0 Å². The molecule has 3 nitrogen and oxygen atoms in total. The molecule has 0 saturated heterocycles. The zero-order chi connectivity index (χ0) is 10.6. The van der Waals surface area contributed by atoms with Gasteiger partial charge in [0.05, 0.1) is 3.57 Å². The van der Waals surface area contributed by atoms with Gasteiger partial charge in [0.2, 0.25) is 0 Å². The monoisotopic (exact) mass is 458 g/mol. The SMILES string of the molecule is CCc1ccc(OCC(=O)O)c(I)c1.I.[NaH]. The van der Waals surface area contributed by atoms with Crippen molar-refractivity contribution in [2.24, 2.45) is 0 Å². The van der Waals surface area contributed by atoms with E-state index in [0.717, 1.165) is 9.99 Å². The van der Waals surface area contributed by atoms with Crippen LogP contribution in [0.25, 0.3) is 0 Å². The van der Waals surface area contributed by atoms with Crippen molar-refractivity contribution in [1.29, 1.82) is 0 Å². The van der Waals surface area contributed by atoms with E-state index in [9.17, 15) is 4.79 Å². The van der Waals surface area contributed by atoms with E-state index in [1.807, 2.05) is 18.2 Å². The van der Waals surface area contributed by atoms with Gasteiger partial charge in [0.1, 0.15) is 5.75 Å². The van der Waals surface area contributed by atoms with Crippen molar-refractivity contribution in [2.75, 3.05) is 6.61 Å². The summed E-state index contributed by atoms with van der Waals surface area (Å²) in [6.07, 6.45) is 0.967. The van der Waals surface area contributed by atoms with Crippen LogP contribution in [0.4, 0.5) is 0 Å². The molecular formula is C10H13I2NaO3. The fourth-order valence-corrected chi connectivity index (χ4v) is 1.76. The second kappa shape index (κ2) is 9.93. The van der Waals surface area contributed by atoms with Gasteiger partial charge in [0.25, 0.3) is 0 Å². The topological polar surface area (TPSA) is 46.5 Å². The maximum absolute atomic E-state index is 10.3. The summed E-state index contributed by atoms with van der Waals surface area (Å²) in [5.41, 5.74) is 1.22. The summed E-state index contributed by atoms with van der Waals surface area (Å²) in [4.78, 5) is 10.3. The molecule has 0 aliphatic heterocycles. The van der Waals surface area contributed by atoms with Crippen LogP contribution in [0.3, 0.4) is 0 Å². The molecule has 0 aliphatic carbocycles. The first-order valence-electron chi connectivity index (χ1n) is 4.26. The number of carbonyl (C=O) groups is 1. The molecule has 1 aromatic carbocycles. The Morgan fingerprint density at radius 1 is 1.50 bits per heavy atom. The predicted octanol–water partition coefficient (Wildman–Crippen LogP) is 2.29. The van der Waals surface area contributed by atoms with Crippen LogP contribution in [-0.4, -0.2) is 47.2 Å². The third-order valence-electron chi connectivity index (χ3n) is 1.76. The third-order valence-corrected chi connectivity index (χ3v) is 2.60. The Hall–Kier alpha value is 0.950. The number of carboxylic acids is 1. The zero-order valence-corrected chi connectivity index (χ0v) is 12.7. The Morgan fingerprint density at radius 3 is 2.56 bits per heavy atom. The fourth-order valence-electron chi connectivity index (χ4n) is 1.02. The zero-order valence-electron chi connectivity index (χ0n) is 8.20. The number of benzene rings is 1. The quantitative estimate of drug-likeness (QED) is 0.557. The van der Waals surface area contributed by atoms with Crippen LogP contribution >= 0.6 is 46.6 Å². The van der Waals surface area contributed by atoms with Gasteiger partial charge in [0.15, 0.2) is 6.61 Å². The number of ether oxygens (including phenoxy) is 1. The van der Waals surface area contributed by atoms with Crippen molar-refractivity contribution in [3.05, 3.63) is 27.3 Å². The molecule has 0 spiro atoms. The minimum absolute atomic E-state index is 0. The summed E-state index contributed by atoms with van der Waals surface area (Å²) in [7, 11) is 0. The molecule has 0 atom stereocenters. The molecular weight excluding hydrogens is 445 g/mol. The van der Waals surface area contributed by atoms with Crippen molar-refractivity contribution in [3.8, 4) is 5.75 Å². The molecule has 0 fully saturated rings. The summed E-state index contributed by atoms with van der Waals surface area (Å²) in [5, 5.41) is 8.44. The van der Waals surface area contributed by atoms with Crippen LogP contribution in [0.15, 0.2) is 18.2 Å². The molecule has 0 aromatic heterocycles. The normalized spacial score (nSPS) is 8.62. The Kier molecular flexibility index (Phi) is 12.0. The first-order chi connectivity index (χ1) is 6.63. The standard InChI is InChI=1S/C10H11IO3.HI.Na.H/c1-2-7-3-4-9(8(11)5-7)14-6-10(12)13;;;/h3-5H,2,6H2,1H3,(H,12,13);1H;;. The molecule has 0 saturated carbocycles. The number of rotatable bonds is 4. The van der Waals surface area contributed by atoms with Gasteiger partial charge in [-0.3, -0.25) is 0 Å². The molecule has 1 rings (SSSR count). The van der Waals surface area contributed by atoms with E-state index in [1.54, 1.807) is 0 Å². The summed E-state index contributed by atoms with van der Waals surface area (Å²) in [5.74, 6) is -0.328. The Bertz CT molecular complexity index is 345. The molecule has 16 heavy (non-hydrogen) atoms. The first-order valence-corrected chi connectivity index (χ1v) is 5.34. The van der Waals surface area contributed by atoms with E-state index < -0.39 is 5.97 Å². The van der Waals surface area contributed by atoms with Gasteiger partial charge >= 0.3 is 35.5 Å². The molecule has 0 unspecified atom stereocenters. The second-order valence-electron chi connectivity index (χ2n) is 2.80. The van der Waals surface area contributed by atoms with Gasteiger partial charge in [-0.05, 0) is 46.7 Å². The van der Waals surface area contributed by atoms with Gasteiger partial charge in [-0.1, -0.05) is 13.0 Å². The molecule has 0 heterocycles. The molecule has 0 amide bonds. The maximum atomic E-state index is 10.3. The van der Waals surface area contributed by atoms with Crippen molar-refractivity contribution < 1.29 is 14.6 Å². The van der Waals surface area contributed by atoms with Gasteiger partial charge in [-0.15, -0.1) is 24.0 Å². The van der Waals surface area contributed by atoms with E-state index in [2.05, 4.69) is 29.5 Å². The molecule has 0 aliphatic rings. The summed E-state index contributed by atoms with van der Waals surface area (Å²) >= 11 is 2.14. The number of hydrogen-bond acceptors (Lipinski definition) is 2. The molecule has 0 bridgehead atoms. The molecule has 1 N–H and O–H groups in total. The van der Waals surface area contributed by atoms with E-state index in [-0.39, 0.29) is 60.1 Å². The molecule has 6 heteroatoms. The molecule has 0 radical (unpaired) electrons.